The van der Waals surface area contributed by atoms with Gasteiger partial charge in [0, 0.05) is 48.1 Å². The fourth-order valence-corrected chi connectivity index (χ4v) is 3.96. The summed E-state index contributed by atoms with van der Waals surface area (Å²) in [6, 6.07) is 7.27. The number of nitrogens with zero attached hydrogens (tertiary/aromatic N) is 2. The third-order valence-corrected chi connectivity index (χ3v) is 5.54. The highest BCUT2D eigenvalue weighted by Gasteiger charge is 2.32. The molecule has 6 nitrogen and oxygen atoms in total. The molecule has 0 saturated heterocycles. The van der Waals surface area contributed by atoms with Crippen LogP contribution in [0.15, 0.2) is 35.3 Å². The number of benzene rings is 1. The van der Waals surface area contributed by atoms with Crippen LogP contribution in [0.3, 0.4) is 0 Å². The van der Waals surface area contributed by atoms with Gasteiger partial charge < -0.3 is 9.88 Å². The Labute approximate surface area is 150 Å². The van der Waals surface area contributed by atoms with Crippen LogP contribution in [0.25, 0.3) is 10.8 Å². The van der Waals surface area contributed by atoms with Crippen LogP contribution in [0.1, 0.15) is 46.1 Å². The van der Waals surface area contributed by atoms with E-state index in [1.165, 1.54) is 29.8 Å². The molecule has 0 unspecified atom stereocenters. The number of amides is 1. The number of rotatable bonds is 2. The predicted octanol–water partition coefficient (Wildman–Crippen LogP) is 2.37. The molecular formula is C20H20N4O2. The van der Waals surface area contributed by atoms with Gasteiger partial charge in [-0.25, -0.2) is 0 Å². The minimum absolute atomic E-state index is 0.0245. The van der Waals surface area contributed by atoms with E-state index in [2.05, 4.69) is 15.2 Å². The molecule has 2 N–H and O–H groups in total. The number of aromatic nitrogens is 3. The van der Waals surface area contributed by atoms with Crippen molar-refractivity contribution < 1.29 is 4.79 Å². The lowest BCUT2D eigenvalue weighted by Crippen LogP contribution is -2.34. The molecule has 2 aromatic heterocycles. The summed E-state index contributed by atoms with van der Waals surface area (Å²) >= 11 is 0. The van der Waals surface area contributed by atoms with E-state index >= 15 is 0 Å². The van der Waals surface area contributed by atoms with E-state index in [0.29, 0.717) is 35.3 Å². The standard InChI is InChI=1S/C20H20N4O2/c25-19-14-4-2-1-3-13(14)16(11-21-19)20(26)24-9-7-15-17(8-10-24)22-23-18(15)12-5-6-12/h1-4,11-12H,5-10H2,(H,21,25)(H,22,23). The Kier molecular flexibility index (Phi) is 3.45. The van der Waals surface area contributed by atoms with E-state index in [4.69, 9.17) is 0 Å². The van der Waals surface area contributed by atoms with E-state index in [1.807, 2.05) is 23.1 Å². The van der Waals surface area contributed by atoms with Crippen molar-refractivity contribution in [2.75, 3.05) is 13.1 Å². The van der Waals surface area contributed by atoms with Crippen LogP contribution in [-0.4, -0.2) is 39.1 Å². The highest BCUT2D eigenvalue weighted by atomic mass is 16.2. The second-order valence-corrected chi connectivity index (χ2v) is 7.21. The van der Waals surface area contributed by atoms with Gasteiger partial charge in [-0.3, -0.25) is 14.7 Å². The summed E-state index contributed by atoms with van der Waals surface area (Å²) in [5.74, 6) is 0.587. The van der Waals surface area contributed by atoms with Gasteiger partial charge in [-0.05, 0) is 30.9 Å². The van der Waals surface area contributed by atoms with Gasteiger partial charge in [-0.2, -0.15) is 5.10 Å². The third-order valence-electron chi connectivity index (χ3n) is 5.54. The number of hydrogen-bond acceptors (Lipinski definition) is 3. The molecule has 1 aliphatic carbocycles. The second-order valence-electron chi connectivity index (χ2n) is 7.21. The Morgan fingerprint density at radius 2 is 1.88 bits per heavy atom. The summed E-state index contributed by atoms with van der Waals surface area (Å²) in [6.07, 6.45) is 5.63. The first-order chi connectivity index (χ1) is 12.7. The van der Waals surface area contributed by atoms with Crippen molar-refractivity contribution in [2.45, 2.75) is 31.6 Å². The monoisotopic (exact) mass is 348 g/mol. The van der Waals surface area contributed by atoms with Crippen LogP contribution in [0.5, 0.6) is 0 Å². The molecule has 2 aliphatic rings. The summed E-state index contributed by atoms with van der Waals surface area (Å²) in [6.45, 7) is 1.34. The molecule has 3 aromatic rings. The molecule has 0 radical (unpaired) electrons. The number of fused-ring (bicyclic) bond motifs is 2. The molecule has 3 heterocycles. The fourth-order valence-electron chi connectivity index (χ4n) is 3.96. The maximum atomic E-state index is 13.2. The first-order valence-electron chi connectivity index (χ1n) is 9.18. The average Bonchev–Trinajstić information content (AvgIpc) is 3.46. The maximum absolute atomic E-state index is 13.2. The Bertz CT molecular complexity index is 1060. The molecule has 26 heavy (non-hydrogen) atoms. The van der Waals surface area contributed by atoms with Gasteiger partial charge in [-0.15, -0.1) is 0 Å². The number of aromatic amines is 2. The lowest BCUT2D eigenvalue weighted by Gasteiger charge is -2.21. The van der Waals surface area contributed by atoms with Crippen molar-refractivity contribution in [1.82, 2.24) is 20.1 Å². The summed E-state index contributed by atoms with van der Waals surface area (Å²) < 4.78 is 0. The molecule has 1 amide bonds. The van der Waals surface area contributed by atoms with E-state index in [9.17, 15) is 9.59 Å². The number of H-pyrrole nitrogens is 2. The molecule has 1 fully saturated rings. The quantitative estimate of drug-likeness (QED) is 0.746. The van der Waals surface area contributed by atoms with Crippen LogP contribution >= 0.6 is 0 Å². The Hall–Kier alpha value is -2.89. The second kappa shape index (κ2) is 5.83. The largest absolute Gasteiger partial charge is 0.338 e. The number of nitrogens with one attached hydrogen (secondary N) is 2. The van der Waals surface area contributed by atoms with Gasteiger partial charge in [0.25, 0.3) is 11.5 Å². The topological polar surface area (TPSA) is 81.9 Å². The number of hydrogen-bond donors (Lipinski definition) is 2. The highest BCUT2D eigenvalue weighted by Crippen LogP contribution is 2.41. The number of carbonyl (C=O) groups is 1. The lowest BCUT2D eigenvalue weighted by atomic mass is 10.1. The zero-order valence-electron chi connectivity index (χ0n) is 14.4. The average molecular weight is 348 g/mol. The van der Waals surface area contributed by atoms with Gasteiger partial charge in [0.15, 0.2) is 0 Å². The zero-order valence-corrected chi connectivity index (χ0v) is 14.4. The number of pyridine rings is 1. The van der Waals surface area contributed by atoms with E-state index in [1.54, 1.807) is 12.3 Å². The molecule has 132 valence electrons. The fraction of sp³-hybridized carbons (Fsp3) is 0.350. The van der Waals surface area contributed by atoms with Gasteiger partial charge >= 0.3 is 0 Å². The van der Waals surface area contributed by atoms with Gasteiger partial charge in [0.1, 0.15) is 0 Å². The van der Waals surface area contributed by atoms with Crippen LogP contribution in [0.4, 0.5) is 0 Å². The minimum Gasteiger partial charge on any atom is -0.338 e. The van der Waals surface area contributed by atoms with E-state index < -0.39 is 0 Å². The summed E-state index contributed by atoms with van der Waals surface area (Å²) in [4.78, 5) is 29.8. The molecule has 1 aliphatic heterocycles. The molecule has 1 aromatic carbocycles. The summed E-state index contributed by atoms with van der Waals surface area (Å²) in [7, 11) is 0. The van der Waals surface area contributed by atoms with Gasteiger partial charge in [-0.1, -0.05) is 18.2 Å². The van der Waals surface area contributed by atoms with Crippen molar-refractivity contribution in [3.63, 3.8) is 0 Å². The lowest BCUT2D eigenvalue weighted by molar-refractivity contribution is 0.0764. The molecule has 6 heteroatoms. The molecule has 5 rings (SSSR count). The molecule has 0 bridgehead atoms. The van der Waals surface area contributed by atoms with E-state index in [0.717, 1.165) is 12.8 Å². The molecule has 0 spiro atoms. The minimum atomic E-state index is -0.164. The SMILES string of the molecule is O=C(c1c[nH]c(=O)c2ccccc12)N1CCc2[nH]nc(C3CC3)c2CC1. The summed E-state index contributed by atoms with van der Waals surface area (Å²) in [5.41, 5.74) is 4.10. The number of carbonyl (C=O) groups excluding carboxylic acids is 1. The normalized spacial score (nSPS) is 17.2. The first kappa shape index (κ1) is 15.4. The van der Waals surface area contributed by atoms with Crippen molar-refractivity contribution in [3.05, 3.63) is 63.3 Å². The molecule has 1 saturated carbocycles. The van der Waals surface area contributed by atoms with Gasteiger partial charge in [0.05, 0.1) is 11.3 Å². The smallest absolute Gasteiger partial charge is 0.255 e. The Balaban J connectivity index is 1.45. The molecular weight excluding hydrogens is 328 g/mol. The first-order valence-corrected chi connectivity index (χ1v) is 9.18. The maximum Gasteiger partial charge on any atom is 0.255 e. The van der Waals surface area contributed by atoms with Crippen LogP contribution < -0.4 is 5.56 Å². The van der Waals surface area contributed by atoms with Crippen LogP contribution in [0.2, 0.25) is 0 Å². The highest BCUT2D eigenvalue weighted by molar-refractivity contribution is 6.06. The van der Waals surface area contributed by atoms with Gasteiger partial charge in [0.2, 0.25) is 0 Å². The Morgan fingerprint density at radius 3 is 2.69 bits per heavy atom. The predicted molar refractivity (Wildman–Crippen MR) is 98.4 cm³/mol. The third kappa shape index (κ3) is 2.44. The van der Waals surface area contributed by atoms with E-state index in [-0.39, 0.29) is 11.5 Å². The zero-order chi connectivity index (χ0) is 17.7. The Morgan fingerprint density at radius 1 is 1.12 bits per heavy atom. The van der Waals surface area contributed by atoms with Crippen LogP contribution in [0, 0.1) is 0 Å². The molecule has 0 atom stereocenters. The van der Waals surface area contributed by atoms with Crippen molar-refractivity contribution in [1.29, 1.82) is 0 Å². The van der Waals surface area contributed by atoms with Crippen molar-refractivity contribution in [3.8, 4) is 0 Å². The van der Waals surface area contributed by atoms with Crippen LogP contribution in [-0.2, 0) is 12.8 Å². The van der Waals surface area contributed by atoms with Crippen molar-refractivity contribution >= 4 is 16.7 Å². The van der Waals surface area contributed by atoms with Crippen molar-refractivity contribution in [2.24, 2.45) is 0 Å². The summed E-state index contributed by atoms with van der Waals surface area (Å²) in [5, 5.41) is 8.97.